The maximum Gasteiger partial charge on any atom is 0.172 e. The predicted molar refractivity (Wildman–Crippen MR) is 95.9 cm³/mol. The van der Waals surface area contributed by atoms with Crippen LogP contribution in [0, 0.1) is 34.5 Å². The molecular formula is C22H32O3. The quantitative estimate of drug-likeness (QED) is 0.607. The van der Waals surface area contributed by atoms with Crippen molar-refractivity contribution in [3.05, 3.63) is 11.6 Å². The molecular weight excluding hydrogens is 312 g/mol. The minimum atomic E-state index is -0.343. The summed E-state index contributed by atoms with van der Waals surface area (Å²) in [7, 11) is 0. The van der Waals surface area contributed by atoms with E-state index in [4.69, 9.17) is 9.47 Å². The van der Waals surface area contributed by atoms with Crippen LogP contribution in [-0.2, 0) is 14.3 Å². The Balaban J connectivity index is 1.51. The number of ether oxygens (including phenoxy) is 2. The predicted octanol–water partition coefficient (Wildman–Crippen LogP) is 4.51. The van der Waals surface area contributed by atoms with Gasteiger partial charge in [0.05, 0.1) is 13.2 Å². The second-order valence-corrected chi connectivity index (χ2v) is 9.93. The van der Waals surface area contributed by atoms with E-state index in [0.717, 1.165) is 57.7 Å². The summed E-state index contributed by atoms with van der Waals surface area (Å²) in [5, 5.41) is 0. The minimum absolute atomic E-state index is 0.0281. The van der Waals surface area contributed by atoms with Gasteiger partial charge in [0.1, 0.15) is 5.78 Å². The molecule has 1 saturated heterocycles. The summed E-state index contributed by atoms with van der Waals surface area (Å²) in [5.41, 5.74) is 1.82. The van der Waals surface area contributed by atoms with Crippen molar-refractivity contribution in [2.45, 2.75) is 71.5 Å². The van der Waals surface area contributed by atoms with E-state index in [1.807, 2.05) is 0 Å². The van der Waals surface area contributed by atoms with Gasteiger partial charge in [0.15, 0.2) is 5.79 Å². The van der Waals surface area contributed by atoms with Crippen molar-refractivity contribution in [3.63, 3.8) is 0 Å². The molecule has 0 aromatic rings. The van der Waals surface area contributed by atoms with Crippen LogP contribution >= 0.6 is 0 Å². The minimum Gasteiger partial charge on any atom is -0.347 e. The van der Waals surface area contributed by atoms with Gasteiger partial charge in [-0.2, -0.15) is 0 Å². The zero-order chi connectivity index (χ0) is 17.4. The SMILES string of the molecule is CC1CC2(CC3=CC[C@H]4[C@@H]5CCC(=O)[C@@]5(C)CC[C@@H]4[C@]31C)OCCO2. The first-order valence-corrected chi connectivity index (χ1v) is 10.4. The van der Waals surface area contributed by atoms with Gasteiger partial charge < -0.3 is 9.47 Å². The highest BCUT2D eigenvalue weighted by Gasteiger charge is 2.62. The van der Waals surface area contributed by atoms with E-state index in [-0.39, 0.29) is 16.6 Å². The van der Waals surface area contributed by atoms with Crippen LogP contribution in [0.15, 0.2) is 11.6 Å². The number of rotatable bonds is 0. The fourth-order valence-corrected chi connectivity index (χ4v) is 7.57. The number of Topliss-reactive ketones (excluding diaryl/α,β-unsaturated/α-hetero) is 1. The molecule has 4 aliphatic carbocycles. The molecule has 0 aromatic carbocycles. The molecule has 1 heterocycles. The normalized spacial score (nSPS) is 51.0. The van der Waals surface area contributed by atoms with Crippen molar-refractivity contribution in [3.8, 4) is 0 Å². The number of carbonyl (C=O) groups is 1. The molecule has 0 radical (unpaired) electrons. The zero-order valence-corrected chi connectivity index (χ0v) is 16.0. The molecule has 3 nitrogen and oxygen atoms in total. The maximum atomic E-state index is 12.6. The van der Waals surface area contributed by atoms with Gasteiger partial charge in [-0.1, -0.05) is 32.4 Å². The average molecular weight is 344 g/mol. The van der Waals surface area contributed by atoms with Gasteiger partial charge in [-0.15, -0.1) is 0 Å². The Morgan fingerprint density at radius 1 is 1.12 bits per heavy atom. The monoisotopic (exact) mass is 344 g/mol. The van der Waals surface area contributed by atoms with Gasteiger partial charge in [-0.05, 0) is 54.8 Å². The third kappa shape index (κ3) is 2.03. The van der Waals surface area contributed by atoms with Crippen molar-refractivity contribution < 1.29 is 14.3 Å². The van der Waals surface area contributed by atoms with Crippen LogP contribution < -0.4 is 0 Å². The lowest BCUT2D eigenvalue weighted by atomic mass is 9.45. The second-order valence-electron chi connectivity index (χ2n) is 9.93. The fraction of sp³-hybridized carbons (Fsp3) is 0.864. The maximum absolute atomic E-state index is 12.6. The highest BCUT2D eigenvalue weighted by molar-refractivity contribution is 5.87. The lowest BCUT2D eigenvalue weighted by Gasteiger charge is -2.60. The van der Waals surface area contributed by atoms with Crippen molar-refractivity contribution in [1.82, 2.24) is 0 Å². The van der Waals surface area contributed by atoms with Crippen LogP contribution in [0.5, 0.6) is 0 Å². The molecule has 5 aliphatic rings. The molecule has 3 heteroatoms. The molecule has 0 aromatic heterocycles. The highest BCUT2D eigenvalue weighted by Crippen LogP contribution is 2.66. The van der Waals surface area contributed by atoms with E-state index in [2.05, 4.69) is 26.8 Å². The molecule has 0 N–H and O–H groups in total. The summed E-state index contributed by atoms with van der Waals surface area (Å²) in [6, 6.07) is 0. The molecule has 1 spiro atoms. The van der Waals surface area contributed by atoms with Gasteiger partial charge in [-0.3, -0.25) is 4.79 Å². The van der Waals surface area contributed by atoms with Crippen LogP contribution in [0.4, 0.5) is 0 Å². The van der Waals surface area contributed by atoms with Crippen molar-refractivity contribution in [2.24, 2.45) is 34.5 Å². The molecule has 4 fully saturated rings. The lowest BCUT2D eigenvalue weighted by Crippen LogP contribution is -2.55. The second kappa shape index (κ2) is 5.19. The Kier molecular flexibility index (Phi) is 3.43. The van der Waals surface area contributed by atoms with Gasteiger partial charge in [0.25, 0.3) is 0 Å². The number of allylic oxidation sites excluding steroid dienone is 1. The highest BCUT2D eigenvalue weighted by atomic mass is 16.7. The van der Waals surface area contributed by atoms with Crippen molar-refractivity contribution >= 4 is 5.78 Å². The van der Waals surface area contributed by atoms with Gasteiger partial charge >= 0.3 is 0 Å². The van der Waals surface area contributed by atoms with Crippen LogP contribution in [0.25, 0.3) is 0 Å². The first-order valence-electron chi connectivity index (χ1n) is 10.4. The number of ketones is 1. The van der Waals surface area contributed by atoms with E-state index in [1.54, 1.807) is 5.57 Å². The first-order chi connectivity index (χ1) is 11.9. The molecule has 25 heavy (non-hydrogen) atoms. The van der Waals surface area contributed by atoms with E-state index < -0.39 is 0 Å². The smallest absolute Gasteiger partial charge is 0.172 e. The summed E-state index contributed by atoms with van der Waals surface area (Å²) in [6.45, 7) is 8.68. The standard InChI is InChI=1S/C22H32O3/c1-14-12-22(24-10-11-25-22)13-15-4-5-16-17-6-7-19(23)20(17,2)9-8-18(16)21(14,15)3/h4,14,16-18H,5-13H2,1-3H3/t14?,16-,17-,18-,20-,21-/m0/s1. The Hall–Kier alpha value is -0.670. The number of fused-ring (bicyclic) bond motifs is 5. The molecule has 1 aliphatic heterocycles. The molecule has 5 rings (SSSR count). The Morgan fingerprint density at radius 2 is 1.88 bits per heavy atom. The van der Waals surface area contributed by atoms with Gasteiger partial charge in [-0.25, -0.2) is 0 Å². The molecule has 0 amide bonds. The third-order valence-corrected chi connectivity index (χ3v) is 9.16. The van der Waals surface area contributed by atoms with E-state index in [9.17, 15) is 4.79 Å². The lowest BCUT2D eigenvalue weighted by molar-refractivity contribution is -0.199. The summed E-state index contributed by atoms with van der Waals surface area (Å²) in [6.07, 6.45) is 9.92. The summed E-state index contributed by atoms with van der Waals surface area (Å²) >= 11 is 0. The topological polar surface area (TPSA) is 35.5 Å². The van der Waals surface area contributed by atoms with E-state index in [0.29, 0.717) is 23.5 Å². The van der Waals surface area contributed by atoms with Crippen LogP contribution in [-0.4, -0.2) is 24.8 Å². The molecule has 0 bridgehead atoms. The first kappa shape index (κ1) is 16.5. The summed E-state index contributed by atoms with van der Waals surface area (Å²) in [5.74, 6) is 2.80. The van der Waals surface area contributed by atoms with Crippen LogP contribution in [0.3, 0.4) is 0 Å². The molecule has 138 valence electrons. The number of carbonyl (C=O) groups excluding carboxylic acids is 1. The van der Waals surface area contributed by atoms with Crippen molar-refractivity contribution in [2.75, 3.05) is 13.2 Å². The third-order valence-electron chi connectivity index (χ3n) is 9.16. The average Bonchev–Trinajstić information content (AvgIpc) is 3.14. The van der Waals surface area contributed by atoms with Crippen LogP contribution in [0.2, 0.25) is 0 Å². The molecule has 1 unspecified atom stereocenters. The largest absolute Gasteiger partial charge is 0.347 e. The Bertz CT molecular complexity index is 631. The van der Waals surface area contributed by atoms with Crippen LogP contribution in [0.1, 0.15) is 65.7 Å². The summed E-state index contributed by atoms with van der Waals surface area (Å²) < 4.78 is 12.1. The zero-order valence-electron chi connectivity index (χ0n) is 16.0. The van der Waals surface area contributed by atoms with Crippen molar-refractivity contribution in [1.29, 1.82) is 0 Å². The number of hydrogen-bond donors (Lipinski definition) is 0. The van der Waals surface area contributed by atoms with Gasteiger partial charge in [0.2, 0.25) is 0 Å². The summed E-state index contributed by atoms with van der Waals surface area (Å²) in [4.78, 5) is 12.6. The van der Waals surface area contributed by atoms with E-state index >= 15 is 0 Å². The number of hydrogen-bond acceptors (Lipinski definition) is 3. The fourth-order valence-electron chi connectivity index (χ4n) is 7.57. The van der Waals surface area contributed by atoms with E-state index in [1.165, 1.54) is 6.42 Å². The van der Waals surface area contributed by atoms with Gasteiger partial charge in [0, 0.05) is 24.7 Å². The Morgan fingerprint density at radius 3 is 2.64 bits per heavy atom. The molecule has 3 saturated carbocycles. The molecule has 6 atom stereocenters. The Labute approximate surface area is 151 Å².